The Morgan fingerprint density at radius 1 is 0.686 bits per heavy atom. The first-order valence-electron chi connectivity index (χ1n) is 12.2. The highest BCUT2D eigenvalue weighted by Crippen LogP contribution is 2.29. The van der Waals surface area contributed by atoms with Gasteiger partial charge in [-0.05, 0) is 63.9 Å². The van der Waals surface area contributed by atoms with Gasteiger partial charge in [0.2, 0.25) is 0 Å². The van der Waals surface area contributed by atoms with Gasteiger partial charge in [-0.15, -0.1) is 0 Å². The van der Waals surface area contributed by atoms with Crippen molar-refractivity contribution in [3.8, 4) is 22.7 Å². The van der Waals surface area contributed by atoms with E-state index in [-0.39, 0.29) is 10.8 Å². The van der Waals surface area contributed by atoms with Crippen molar-refractivity contribution >= 4 is 12.2 Å². The number of nitrogens with zero attached hydrogens (tertiary/aromatic N) is 2. The van der Waals surface area contributed by atoms with Crippen LogP contribution in [0, 0.1) is 0 Å². The van der Waals surface area contributed by atoms with E-state index in [1.807, 2.05) is 28.9 Å². The fourth-order valence-electron chi connectivity index (χ4n) is 4.02. The Hall–Kier alpha value is -3.59. The zero-order valence-electron chi connectivity index (χ0n) is 22.0. The molecule has 1 aromatic heterocycles. The second-order valence-corrected chi connectivity index (χ2v) is 11.1. The normalized spacial score (nSPS) is 12.3. The molecule has 0 unspecified atom stereocenters. The molecule has 0 spiro atoms. The van der Waals surface area contributed by atoms with Crippen molar-refractivity contribution in [2.45, 2.75) is 52.4 Å². The molecule has 0 atom stereocenters. The van der Waals surface area contributed by atoms with E-state index in [0.29, 0.717) is 0 Å². The SMILES string of the molecule is COc1ccc(-n2nc(C=Cc3ccc(C(C)(C)C)cc3)cc2-c2ccc(C(C)(C)C)cc2)cc1. The van der Waals surface area contributed by atoms with Crippen LogP contribution in [0.15, 0.2) is 78.9 Å². The first-order valence-corrected chi connectivity index (χ1v) is 12.2. The van der Waals surface area contributed by atoms with Crippen molar-refractivity contribution in [2.75, 3.05) is 7.11 Å². The Bertz CT molecular complexity index is 1290. The van der Waals surface area contributed by atoms with Gasteiger partial charge in [-0.25, -0.2) is 4.68 Å². The third-order valence-corrected chi connectivity index (χ3v) is 6.32. The van der Waals surface area contributed by atoms with Gasteiger partial charge in [0, 0.05) is 5.56 Å². The Balaban J connectivity index is 1.71. The summed E-state index contributed by atoms with van der Waals surface area (Å²) in [6, 6.07) is 27.7. The van der Waals surface area contributed by atoms with E-state index in [2.05, 4.69) is 108 Å². The van der Waals surface area contributed by atoms with Gasteiger partial charge < -0.3 is 4.74 Å². The van der Waals surface area contributed by atoms with E-state index >= 15 is 0 Å². The third kappa shape index (κ3) is 5.74. The van der Waals surface area contributed by atoms with E-state index < -0.39 is 0 Å². The second kappa shape index (κ2) is 9.58. The fraction of sp³-hybridized carbons (Fsp3) is 0.281. The van der Waals surface area contributed by atoms with Crippen LogP contribution in [0.4, 0.5) is 0 Å². The van der Waals surface area contributed by atoms with Crippen LogP contribution in [-0.2, 0) is 10.8 Å². The first-order chi connectivity index (χ1) is 16.5. The lowest BCUT2D eigenvalue weighted by Gasteiger charge is -2.19. The van der Waals surface area contributed by atoms with Crippen molar-refractivity contribution in [1.82, 2.24) is 9.78 Å². The molecule has 3 aromatic carbocycles. The number of methoxy groups -OCH3 is 1. The molecule has 3 nitrogen and oxygen atoms in total. The molecular weight excluding hydrogens is 428 g/mol. The van der Waals surface area contributed by atoms with Crippen molar-refractivity contribution in [1.29, 1.82) is 0 Å². The maximum atomic E-state index is 5.35. The maximum Gasteiger partial charge on any atom is 0.119 e. The number of rotatable bonds is 5. The van der Waals surface area contributed by atoms with Gasteiger partial charge in [-0.2, -0.15) is 5.10 Å². The van der Waals surface area contributed by atoms with Crippen molar-refractivity contribution in [2.24, 2.45) is 0 Å². The summed E-state index contributed by atoms with van der Waals surface area (Å²) in [5.74, 6) is 0.829. The number of benzene rings is 3. The van der Waals surface area contributed by atoms with Crippen LogP contribution in [0.25, 0.3) is 29.1 Å². The summed E-state index contributed by atoms with van der Waals surface area (Å²) in [5.41, 5.74) is 8.17. The van der Waals surface area contributed by atoms with E-state index in [1.54, 1.807) is 7.11 Å². The van der Waals surface area contributed by atoms with Gasteiger partial charge >= 0.3 is 0 Å². The molecule has 0 aliphatic heterocycles. The van der Waals surface area contributed by atoms with E-state index in [4.69, 9.17) is 9.84 Å². The maximum absolute atomic E-state index is 5.35. The predicted octanol–water partition coefficient (Wildman–Crippen LogP) is 8.31. The first kappa shape index (κ1) is 24.5. The Morgan fingerprint density at radius 2 is 1.23 bits per heavy atom. The van der Waals surface area contributed by atoms with Crippen molar-refractivity contribution < 1.29 is 4.74 Å². The molecule has 0 N–H and O–H groups in total. The van der Waals surface area contributed by atoms with Gasteiger partial charge in [0.25, 0.3) is 0 Å². The topological polar surface area (TPSA) is 27.1 Å². The molecule has 0 aliphatic rings. The molecule has 180 valence electrons. The molecule has 3 heteroatoms. The highest BCUT2D eigenvalue weighted by molar-refractivity contribution is 5.72. The van der Waals surface area contributed by atoms with Crippen LogP contribution in [0.5, 0.6) is 5.75 Å². The molecule has 0 saturated carbocycles. The van der Waals surface area contributed by atoms with Crippen molar-refractivity contribution in [3.63, 3.8) is 0 Å². The van der Waals surface area contributed by atoms with Crippen LogP contribution < -0.4 is 4.74 Å². The minimum absolute atomic E-state index is 0.116. The minimum atomic E-state index is 0.116. The standard InChI is InChI=1S/C32H36N2O/c1-31(2,3)25-13-8-23(9-14-25)10-17-27-22-30(24-11-15-26(16-12-24)32(4,5)6)34(33-27)28-18-20-29(35-7)21-19-28/h8-22H,1-7H3. The molecule has 0 bridgehead atoms. The average Bonchev–Trinajstić information content (AvgIpc) is 3.26. The number of hydrogen-bond donors (Lipinski definition) is 0. The molecular formula is C32H36N2O. The Labute approximate surface area is 210 Å². The summed E-state index contributed by atoms with van der Waals surface area (Å²) in [4.78, 5) is 0. The zero-order valence-corrected chi connectivity index (χ0v) is 22.0. The molecule has 1 heterocycles. The molecule has 4 rings (SSSR count). The highest BCUT2D eigenvalue weighted by atomic mass is 16.5. The lowest BCUT2D eigenvalue weighted by molar-refractivity contribution is 0.414. The monoisotopic (exact) mass is 464 g/mol. The average molecular weight is 465 g/mol. The van der Waals surface area contributed by atoms with Crippen LogP contribution in [-0.4, -0.2) is 16.9 Å². The van der Waals surface area contributed by atoms with Crippen LogP contribution in [0.2, 0.25) is 0 Å². The third-order valence-electron chi connectivity index (χ3n) is 6.32. The van der Waals surface area contributed by atoms with E-state index in [9.17, 15) is 0 Å². The second-order valence-electron chi connectivity index (χ2n) is 11.1. The predicted molar refractivity (Wildman–Crippen MR) is 148 cm³/mol. The largest absolute Gasteiger partial charge is 0.497 e. The van der Waals surface area contributed by atoms with Crippen LogP contribution in [0.3, 0.4) is 0 Å². The summed E-state index contributed by atoms with van der Waals surface area (Å²) in [6.45, 7) is 13.4. The summed E-state index contributed by atoms with van der Waals surface area (Å²) in [6.07, 6.45) is 4.21. The number of ether oxygens (including phenoxy) is 1. The fourth-order valence-corrected chi connectivity index (χ4v) is 4.02. The van der Waals surface area contributed by atoms with Gasteiger partial charge in [0.05, 0.1) is 24.2 Å². The summed E-state index contributed by atoms with van der Waals surface area (Å²) in [5, 5.41) is 4.94. The van der Waals surface area contributed by atoms with Gasteiger partial charge in [0.1, 0.15) is 5.75 Å². The van der Waals surface area contributed by atoms with E-state index in [0.717, 1.165) is 34.0 Å². The quantitative estimate of drug-likeness (QED) is 0.297. The summed E-state index contributed by atoms with van der Waals surface area (Å²) < 4.78 is 7.35. The minimum Gasteiger partial charge on any atom is -0.497 e. The van der Waals surface area contributed by atoms with Crippen molar-refractivity contribution in [3.05, 3.63) is 101 Å². The molecule has 35 heavy (non-hydrogen) atoms. The van der Waals surface area contributed by atoms with Crippen LogP contribution >= 0.6 is 0 Å². The molecule has 0 amide bonds. The molecule has 0 saturated heterocycles. The summed E-state index contributed by atoms with van der Waals surface area (Å²) in [7, 11) is 1.68. The lowest BCUT2D eigenvalue weighted by atomic mass is 9.86. The van der Waals surface area contributed by atoms with E-state index in [1.165, 1.54) is 11.1 Å². The number of hydrogen-bond acceptors (Lipinski definition) is 2. The Kier molecular flexibility index (Phi) is 6.71. The molecule has 0 radical (unpaired) electrons. The molecule has 0 fully saturated rings. The summed E-state index contributed by atoms with van der Waals surface area (Å²) >= 11 is 0. The highest BCUT2D eigenvalue weighted by Gasteiger charge is 2.16. The molecule has 0 aliphatic carbocycles. The Morgan fingerprint density at radius 3 is 1.74 bits per heavy atom. The number of aromatic nitrogens is 2. The van der Waals surface area contributed by atoms with Gasteiger partial charge in [-0.3, -0.25) is 0 Å². The van der Waals surface area contributed by atoms with Crippen LogP contribution in [0.1, 0.15) is 63.9 Å². The smallest absolute Gasteiger partial charge is 0.119 e. The van der Waals surface area contributed by atoms with Gasteiger partial charge in [-0.1, -0.05) is 96.1 Å². The lowest BCUT2D eigenvalue weighted by Crippen LogP contribution is -2.10. The molecule has 4 aromatic rings. The zero-order chi connectivity index (χ0) is 25.2. The van der Waals surface area contributed by atoms with Gasteiger partial charge in [0.15, 0.2) is 0 Å².